The average Bonchev–Trinajstić information content (AvgIpc) is 3.45. The summed E-state index contributed by atoms with van der Waals surface area (Å²) >= 11 is 0. The van der Waals surface area contributed by atoms with Gasteiger partial charge in [0.2, 0.25) is 0 Å². The molecular formula is C22H19F5N6O. The van der Waals surface area contributed by atoms with Crippen molar-refractivity contribution in [2.75, 3.05) is 0 Å². The highest BCUT2D eigenvalue weighted by molar-refractivity contribution is 5.30. The Labute approximate surface area is 190 Å². The van der Waals surface area contributed by atoms with Gasteiger partial charge in [0.1, 0.15) is 23.6 Å². The third-order valence-corrected chi connectivity index (χ3v) is 5.61. The van der Waals surface area contributed by atoms with Gasteiger partial charge in [-0.15, -0.1) is 5.10 Å². The van der Waals surface area contributed by atoms with Crippen LogP contribution in [-0.4, -0.2) is 35.1 Å². The second-order valence-corrected chi connectivity index (χ2v) is 7.91. The molecule has 0 aliphatic heterocycles. The number of benzene rings is 2. The summed E-state index contributed by atoms with van der Waals surface area (Å²) in [6.07, 6.45) is -1.68. The fourth-order valence-corrected chi connectivity index (χ4v) is 3.77. The summed E-state index contributed by atoms with van der Waals surface area (Å²) in [6, 6.07) is 9.29. The zero-order valence-electron chi connectivity index (χ0n) is 17.8. The van der Waals surface area contributed by atoms with E-state index in [2.05, 4.69) is 20.6 Å². The molecule has 12 heteroatoms. The lowest BCUT2D eigenvalue weighted by atomic mass is 9.80. The van der Waals surface area contributed by atoms with Gasteiger partial charge in [0, 0.05) is 23.7 Å². The predicted molar refractivity (Wildman–Crippen MR) is 109 cm³/mol. The summed E-state index contributed by atoms with van der Waals surface area (Å²) in [5.41, 5.74) is -2.16. The van der Waals surface area contributed by atoms with Gasteiger partial charge in [-0.3, -0.25) is 4.68 Å². The smallest absolute Gasteiger partial charge is 0.382 e. The van der Waals surface area contributed by atoms with Gasteiger partial charge in [-0.25, -0.2) is 13.5 Å². The lowest BCUT2D eigenvalue weighted by Crippen LogP contribution is -2.38. The van der Waals surface area contributed by atoms with Crippen LogP contribution in [0.15, 0.2) is 61.1 Å². The molecule has 0 amide bonds. The zero-order chi connectivity index (χ0) is 24.5. The summed E-state index contributed by atoms with van der Waals surface area (Å²) < 4.78 is 69.8. The van der Waals surface area contributed by atoms with Crippen molar-refractivity contribution in [1.82, 2.24) is 30.0 Å². The molecule has 0 unspecified atom stereocenters. The van der Waals surface area contributed by atoms with Crippen LogP contribution in [0.2, 0.25) is 0 Å². The van der Waals surface area contributed by atoms with Crippen LogP contribution >= 0.6 is 0 Å². The molecule has 0 aliphatic carbocycles. The first-order chi connectivity index (χ1) is 16.1. The van der Waals surface area contributed by atoms with Crippen LogP contribution in [-0.2, 0) is 24.9 Å². The molecule has 2 aromatic carbocycles. The Bertz CT molecular complexity index is 1270. The minimum absolute atomic E-state index is 0.0486. The van der Waals surface area contributed by atoms with Crippen molar-refractivity contribution in [1.29, 1.82) is 0 Å². The Morgan fingerprint density at radius 1 is 1.03 bits per heavy atom. The molecule has 7 nitrogen and oxygen atoms in total. The molecule has 0 bridgehead atoms. The van der Waals surface area contributed by atoms with Crippen LogP contribution in [0.1, 0.15) is 35.2 Å². The lowest BCUT2D eigenvalue weighted by Gasteiger charge is -2.33. The molecule has 0 saturated carbocycles. The van der Waals surface area contributed by atoms with E-state index in [-0.39, 0.29) is 18.7 Å². The number of aromatic nitrogens is 6. The largest absolute Gasteiger partial charge is 0.416 e. The van der Waals surface area contributed by atoms with E-state index < -0.39 is 34.9 Å². The highest BCUT2D eigenvalue weighted by Crippen LogP contribution is 2.39. The number of aliphatic hydroxyl groups is 1. The number of hydrogen-bond donors (Lipinski definition) is 1. The van der Waals surface area contributed by atoms with E-state index >= 15 is 0 Å². The molecule has 4 rings (SSSR count). The first-order valence-electron chi connectivity index (χ1n) is 10.1. The topological polar surface area (TPSA) is 81.6 Å². The first kappa shape index (κ1) is 23.5. The van der Waals surface area contributed by atoms with Crippen LogP contribution in [0.25, 0.3) is 0 Å². The summed E-state index contributed by atoms with van der Waals surface area (Å²) in [5, 5.41) is 26.7. The van der Waals surface area contributed by atoms with Crippen LogP contribution < -0.4 is 0 Å². The van der Waals surface area contributed by atoms with Crippen LogP contribution in [0.5, 0.6) is 0 Å². The summed E-state index contributed by atoms with van der Waals surface area (Å²) in [7, 11) is 0. The number of halogens is 5. The fourth-order valence-electron chi connectivity index (χ4n) is 3.77. The zero-order valence-corrected chi connectivity index (χ0v) is 17.8. The number of rotatable bonds is 7. The van der Waals surface area contributed by atoms with Crippen molar-refractivity contribution in [3.05, 3.63) is 95.1 Å². The monoisotopic (exact) mass is 478 g/mol. The number of hydrogen-bond acceptors (Lipinski definition) is 5. The second-order valence-electron chi connectivity index (χ2n) is 7.91. The van der Waals surface area contributed by atoms with E-state index in [1.807, 2.05) is 0 Å². The highest BCUT2D eigenvalue weighted by Gasteiger charge is 2.41. The Morgan fingerprint density at radius 2 is 1.82 bits per heavy atom. The molecule has 178 valence electrons. The van der Waals surface area contributed by atoms with Crippen molar-refractivity contribution in [2.24, 2.45) is 0 Å². The first-order valence-corrected chi connectivity index (χ1v) is 10.1. The number of tetrazole rings is 1. The van der Waals surface area contributed by atoms with Gasteiger partial charge in [0.15, 0.2) is 0 Å². The SMILES string of the molecule is C[C@@H](c1ccn(Cc2cccc(C(F)(F)F)c2)n1)[C@](O)(Cn1cnnn1)c1ccc(F)cc1F. The van der Waals surface area contributed by atoms with Crippen LogP contribution in [0, 0.1) is 11.6 Å². The molecule has 0 spiro atoms. The normalized spacial score (nSPS) is 14.7. The maximum atomic E-state index is 14.7. The molecule has 2 heterocycles. The standard InChI is InChI=1S/C22H19F5N6O/c1-14(20-7-8-32(29-20)11-15-3-2-4-16(9-15)22(25,26)27)21(34,12-33-13-28-30-31-33)18-6-5-17(23)10-19(18)24/h2-10,13-14,34H,11-12H2,1H3/t14-,21+/m0/s1. The van der Waals surface area contributed by atoms with Gasteiger partial charge >= 0.3 is 6.18 Å². The molecule has 0 radical (unpaired) electrons. The van der Waals surface area contributed by atoms with Crippen molar-refractivity contribution in [3.8, 4) is 0 Å². The van der Waals surface area contributed by atoms with E-state index in [9.17, 15) is 27.1 Å². The van der Waals surface area contributed by atoms with Crippen LogP contribution in [0.3, 0.4) is 0 Å². The van der Waals surface area contributed by atoms with E-state index in [1.54, 1.807) is 25.3 Å². The van der Waals surface area contributed by atoms with Gasteiger partial charge in [-0.05, 0) is 40.3 Å². The Hall–Kier alpha value is -3.67. The predicted octanol–water partition coefficient (Wildman–Crippen LogP) is 3.91. The Morgan fingerprint density at radius 3 is 2.50 bits per heavy atom. The van der Waals surface area contributed by atoms with E-state index in [0.717, 1.165) is 24.3 Å². The number of nitrogens with zero attached hydrogens (tertiary/aromatic N) is 6. The maximum absolute atomic E-state index is 14.7. The van der Waals surface area contributed by atoms with Crippen molar-refractivity contribution in [2.45, 2.75) is 37.7 Å². The van der Waals surface area contributed by atoms with Gasteiger partial charge in [0.05, 0.1) is 24.3 Å². The molecule has 1 N–H and O–H groups in total. The second kappa shape index (κ2) is 8.93. The van der Waals surface area contributed by atoms with Crippen molar-refractivity contribution < 1.29 is 27.1 Å². The van der Waals surface area contributed by atoms with Crippen molar-refractivity contribution in [3.63, 3.8) is 0 Å². The Kier molecular flexibility index (Phi) is 6.17. The van der Waals surface area contributed by atoms with E-state index in [0.29, 0.717) is 17.3 Å². The van der Waals surface area contributed by atoms with Gasteiger partial charge in [-0.2, -0.15) is 18.3 Å². The van der Waals surface area contributed by atoms with Gasteiger partial charge < -0.3 is 5.11 Å². The molecular weight excluding hydrogens is 459 g/mol. The molecule has 2 atom stereocenters. The fraction of sp³-hybridized carbons (Fsp3) is 0.273. The molecule has 0 aliphatic rings. The van der Waals surface area contributed by atoms with Crippen molar-refractivity contribution >= 4 is 0 Å². The summed E-state index contributed by atoms with van der Waals surface area (Å²) in [4.78, 5) is 0. The summed E-state index contributed by atoms with van der Waals surface area (Å²) in [5.74, 6) is -2.59. The highest BCUT2D eigenvalue weighted by atomic mass is 19.4. The maximum Gasteiger partial charge on any atom is 0.416 e. The molecule has 34 heavy (non-hydrogen) atoms. The van der Waals surface area contributed by atoms with Gasteiger partial charge in [0.25, 0.3) is 0 Å². The molecule has 4 aromatic rings. The molecule has 2 aromatic heterocycles. The van der Waals surface area contributed by atoms with E-state index in [1.165, 1.54) is 21.8 Å². The third-order valence-electron chi connectivity index (χ3n) is 5.61. The lowest BCUT2D eigenvalue weighted by molar-refractivity contribution is -0.137. The van der Waals surface area contributed by atoms with E-state index in [4.69, 9.17) is 0 Å². The van der Waals surface area contributed by atoms with Gasteiger partial charge in [-0.1, -0.05) is 25.1 Å². The minimum Gasteiger partial charge on any atom is -0.382 e. The van der Waals surface area contributed by atoms with Crippen LogP contribution in [0.4, 0.5) is 22.0 Å². The summed E-state index contributed by atoms with van der Waals surface area (Å²) in [6.45, 7) is 1.39. The third kappa shape index (κ3) is 4.81. The quantitative estimate of drug-likeness (QED) is 0.408. The Balaban J connectivity index is 1.65. The number of alkyl halides is 3. The molecule has 0 fully saturated rings. The molecule has 0 saturated heterocycles. The average molecular weight is 478 g/mol. The minimum atomic E-state index is -4.47.